The fourth-order valence-electron chi connectivity index (χ4n) is 3.22. The Morgan fingerprint density at radius 3 is 2.25 bits per heavy atom. The van der Waals surface area contributed by atoms with Gasteiger partial charge in [-0.3, -0.25) is 9.59 Å². The lowest BCUT2D eigenvalue weighted by Crippen LogP contribution is -2.47. The molecule has 0 spiro atoms. The summed E-state index contributed by atoms with van der Waals surface area (Å²) in [5, 5.41) is 0. The smallest absolute Gasteiger partial charge is 0.242 e. The first-order valence-corrected chi connectivity index (χ1v) is 10.7. The molecular weight excluding hydrogens is 368 g/mol. The van der Waals surface area contributed by atoms with Gasteiger partial charge in [0.15, 0.2) is 0 Å². The van der Waals surface area contributed by atoms with Crippen molar-refractivity contribution in [2.75, 3.05) is 6.54 Å². The van der Waals surface area contributed by atoms with Gasteiger partial charge in [-0.25, -0.2) is 0 Å². The molecule has 1 fully saturated rings. The molecule has 1 aromatic carbocycles. The van der Waals surface area contributed by atoms with Crippen LogP contribution in [-0.2, 0) is 22.7 Å². The van der Waals surface area contributed by atoms with E-state index in [-0.39, 0.29) is 24.4 Å². The Bertz CT molecular complexity index is 819. The number of carbonyl (C=O) groups excluding carboxylic acids is 2. The van der Waals surface area contributed by atoms with Gasteiger partial charge in [0.1, 0.15) is 6.54 Å². The van der Waals surface area contributed by atoms with Gasteiger partial charge < -0.3 is 9.80 Å². The van der Waals surface area contributed by atoms with E-state index in [1.165, 1.54) is 9.75 Å². The molecule has 28 heavy (non-hydrogen) atoms. The fraction of sp³-hybridized carbons (Fsp3) is 0.478. The van der Waals surface area contributed by atoms with Crippen LogP contribution in [0.15, 0.2) is 42.5 Å². The van der Waals surface area contributed by atoms with Crippen molar-refractivity contribution in [3.8, 4) is 0 Å². The molecule has 0 saturated heterocycles. The molecule has 1 aliphatic carbocycles. The van der Waals surface area contributed by atoms with Crippen molar-refractivity contribution in [3.05, 3.63) is 57.8 Å². The molecule has 0 N–H and O–H groups in total. The van der Waals surface area contributed by atoms with Crippen molar-refractivity contribution >= 4 is 23.2 Å². The normalized spacial score (nSPS) is 14.0. The van der Waals surface area contributed by atoms with Crippen LogP contribution in [0.1, 0.15) is 48.9 Å². The molecular formula is C23H30N2O2S. The highest BCUT2D eigenvalue weighted by atomic mass is 32.1. The van der Waals surface area contributed by atoms with E-state index < -0.39 is 5.41 Å². The molecule has 2 aromatic rings. The van der Waals surface area contributed by atoms with Gasteiger partial charge in [0.05, 0.1) is 6.54 Å². The SMILES string of the molecule is Cc1ccc(CN(Cc2ccccc2)C(=O)CN(C(=O)C(C)(C)C)C2CC2)s1. The topological polar surface area (TPSA) is 40.6 Å². The summed E-state index contributed by atoms with van der Waals surface area (Å²) >= 11 is 1.72. The molecule has 0 bridgehead atoms. The van der Waals surface area contributed by atoms with E-state index in [9.17, 15) is 9.59 Å². The Hall–Kier alpha value is -2.14. The Kier molecular flexibility index (Phi) is 6.23. The van der Waals surface area contributed by atoms with Crippen LogP contribution >= 0.6 is 11.3 Å². The third-order valence-corrected chi connectivity index (χ3v) is 5.89. The van der Waals surface area contributed by atoms with Crippen molar-refractivity contribution in [3.63, 3.8) is 0 Å². The summed E-state index contributed by atoms with van der Waals surface area (Å²) in [5.41, 5.74) is 0.627. The predicted octanol–water partition coefficient (Wildman–Crippen LogP) is 4.62. The average Bonchev–Trinajstić information content (AvgIpc) is 3.40. The van der Waals surface area contributed by atoms with Gasteiger partial charge in [0.25, 0.3) is 0 Å². The highest BCUT2D eigenvalue weighted by Gasteiger charge is 2.39. The zero-order valence-corrected chi connectivity index (χ0v) is 18.1. The number of nitrogens with zero attached hydrogens (tertiary/aromatic N) is 2. The summed E-state index contributed by atoms with van der Waals surface area (Å²) < 4.78 is 0. The quantitative estimate of drug-likeness (QED) is 0.683. The second-order valence-corrected chi connectivity index (χ2v) is 10.0. The number of thiophene rings is 1. The maximum atomic E-state index is 13.3. The zero-order valence-electron chi connectivity index (χ0n) is 17.3. The van der Waals surface area contributed by atoms with Crippen molar-refractivity contribution in [2.24, 2.45) is 5.41 Å². The lowest BCUT2D eigenvalue weighted by molar-refractivity contribution is -0.146. The number of benzene rings is 1. The lowest BCUT2D eigenvalue weighted by atomic mass is 9.94. The van der Waals surface area contributed by atoms with Gasteiger partial charge >= 0.3 is 0 Å². The fourth-order valence-corrected chi connectivity index (χ4v) is 4.13. The third-order valence-electron chi connectivity index (χ3n) is 4.91. The van der Waals surface area contributed by atoms with E-state index in [2.05, 4.69) is 19.1 Å². The van der Waals surface area contributed by atoms with Crippen LogP contribution in [0.4, 0.5) is 0 Å². The molecule has 0 aliphatic heterocycles. The van der Waals surface area contributed by atoms with E-state index >= 15 is 0 Å². The third kappa shape index (κ3) is 5.44. The second kappa shape index (κ2) is 8.48. The molecule has 0 unspecified atom stereocenters. The average molecular weight is 399 g/mol. The summed E-state index contributed by atoms with van der Waals surface area (Å²) in [4.78, 5) is 32.2. The number of carbonyl (C=O) groups is 2. The minimum atomic E-state index is -0.474. The van der Waals surface area contributed by atoms with Crippen LogP contribution in [-0.4, -0.2) is 34.2 Å². The first kappa shape index (κ1) is 20.6. The molecule has 3 rings (SSSR count). The molecule has 1 aliphatic rings. The molecule has 2 amide bonds. The van der Waals surface area contributed by atoms with Crippen molar-refractivity contribution in [1.82, 2.24) is 9.80 Å². The molecule has 0 radical (unpaired) electrons. The highest BCUT2D eigenvalue weighted by molar-refractivity contribution is 7.11. The van der Waals surface area contributed by atoms with Crippen LogP contribution in [0, 0.1) is 12.3 Å². The van der Waals surface area contributed by atoms with Crippen LogP contribution in [0.25, 0.3) is 0 Å². The second-order valence-electron chi connectivity index (χ2n) is 8.66. The zero-order chi connectivity index (χ0) is 20.3. The maximum Gasteiger partial charge on any atom is 0.242 e. The minimum absolute atomic E-state index is 0.0133. The molecule has 5 heteroatoms. The summed E-state index contributed by atoms with van der Waals surface area (Å²) in [5.74, 6) is 0.0781. The van der Waals surface area contributed by atoms with Crippen LogP contribution in [0.3, 0.4) is 0 Å². The highest BCUT2D eigenvalue weighted by Crippen LogP contribution is 2.31. The molecule has 1 aromatic heterocycles. The number of hydrogen-bond donors (Lipinski definition) is 0. The Labute approximate surface area is 172 Å². The van der Waals surface area contributed by atoms with Gasteiger partial charge in [-0.1, -0.05) is 51.1 Å². The Balaban J connectivity index is 1.77. The number of aryl methyl sites for hydroxylation is 1. The number of amides is 2. The van der Waals surface area contributed by atoms with Crippen LogP contribution in [0.5, 0.6) is 0 Å². The van der Waals surface area contributed by atoms with Gasteiger partial charge in [-0.05, 0) is 37.5 Å². The first-order valence-electron chi connectivity index (χ1n) is 9.92. The maximum absolute atomic E-state index is 13.3. The van der Waals surface area contributed by atoms with E-state index in [1.807, 2.05) is 56.0 Å². The summed E-state index contributed by atoms with van der Waals surface area (Å²) in [6.07, 6.45) is 2.00. The van der Waals surface area contributed by atoms with Gasteiger partial charge in [0.2, 0.25) is 11.8 Å². The van der Waals surface area contributed by atoms with E-state index in [4.69, 9.17) is 0 Å². The summed E-state index contributed by atoms with van der Waals surface area (Å²) in [6.45, 7) is 9.14. The Morgan fingerprint density at radius 2 is 1.71 bits per heavy atom. The molecule has 150 valence electrons. The summed E-state index contributed by atoms with van der Waals surface area (Å²) in [6, 6.07) is 14.4. The van der Waals surface area contributed by atoms with Crippen LogP contribution in [0.2, 0.25) is 0 Å². The summed E-state index contributed by atoms with van der Waals surface area (Å²) in [7, 11) is 0. The number of rotatable bonds is 7. The van der Waals surface area contributed by atoms with Crippen LogP contribution < -0.4 is 0 Å². The van der Waals surface area contributed by atoms with Crippen molar-refractivity contribution < 1.29 is 9.59 Å². The largest absolute Gasteiger partial charge is 0.332 e. The molecule has 0 atom stereocenters. The van der Waals surface area contributed by atoms with E-state index in [1.54, 1.807) is 16.2 Å². The standard InChI is InChI=1S/C23H30N2O2S/c1-17-10-13-20(28-17)15-24(14-18-8-6-5-7-9-18)21(26)16-25(19-11-12-19)22(27)23(2,3)4/h5-10,13,19H,11-12,14-16H2,1-4H3. The van der Waals surface area contributed by atoms with E-state index in [0.717, 1.165) is 18.4 Å². The molecule has 1 heterocycles. The van der Waals surface area contributed by atoms with E-state index in [0.29, 0.717) is 13.1 Å². The molecule has 4 nitrogen and oxygen atoms in total. The van der Waals surface area contributed by atoms with Gasteiger partial charge in [0, 0.05) is 27.8 Å². The van der Waals surface area contributed by atoms with Gasteiger partial charge in [-0.2, -0.15) is 0 Å². The number of hydrogen-bond acceptors (Lipinski definition) is 3. The minimum Gasteiger partial charge on any atom is -0.332 e. The monoisotopic (exact) mass is 398 g/mol. The Morgan fingerprint density at radius 1 is 1.04 bits per heavy atom. The predicted molar refractivity (Wildman–Crippen MR) is 114 cm³/mol. The van der Waals surface area contributed by atoms with Crippen molar-refractivity contribution in [1.29, 1.82) is 0 Å². The van der Waals surface area contributed by atoms with Gasteiger partial charge in [-0.15, -0.1) is 11.3 Å². The lowest BCUT2D eigenvalue weighted by Gasteiger charge is -2.31. The first-order chi connectivity index (χ1) is 13.2. The van der Waals surface area contributed by atoms with Crippen molar-refractivity contribution in [2.45, 2.75) is 59.7 Å². The molecule has 1 saturated carbocycles.